The summed E-state index contributed by atoms with van der Waals surface area (Å²) in [4.78, 5) is 21.9. The average Bonchev–Trinajstić information content (AvgIpc) is 2.73. The van der Waals surface area contributed by atoms with Crippen molar-refractivity contribution >= 4 is 11.9 Å². The van der Waals surface area contributed by atoms with Crippen molar-refractivity contribution in [2.75, 3.05) is 11.4 Å². The van der Waals surface area contributed by atoms with Gasteiger partial charge in [0.2, 0.25) is 0 Å². The Hall–Kier alpha value is -2.30. The van der Waals surface area contributed by atoms with Crippen LogP contribution in [0, 0.1) is 12.3 Å². The molecule has 0 bridgehead atoms. The lowest BCUT2D eigenvalue weighted by atomic mass is 9.93. The number of H-pyrrole nitrogens is 1. The Bertz CT molecular complexity index is 807. The third-order valence-corrected chi connectivity index (χ3v) is 4.02. The number of rotatable bonds is 2. The predicted molar refractivity (Wildman–Crippen MR) is 93.6 cm³/mol. The third-order valence-electron chi connectivity index (χ3n) is 4.02. The van der Waals surface area contributed by atoms with Gasteiger partial charge in [-0.25, -0.2) is 4.79 Å². The Morgan fingerprint density at radius 2 is 2.04 bits per heavy atom. The minimum atomic E-state index is -0.0867. The largest absolute Gasteiger partial charge is 0.344 e. The first-order valence-corrected chi connectivity index (χ1v) is 7.94. The van der Waals surface area contributed by atoms with Gasteiger partial charge in [0.25, 0.3) is 0 Å². The summed E-state index contributed by atoms with van der Waals surface area (Å²) in [5.41, 5.74) is 2.88. The molecule has 0 radical (unpaired) electrons. The molecule has 0 fully saturated rings. The lowest BCUT2D eigenvalue weighted by Crippen LogP contribution is -2.39. The van der Waals surface area contributed by atoms with Gasteiger partial charge in [-0.05, 0) is 30.5 Å². The van der Waals surface area contributed by atoms with Gasteiger partial charge >= 0.3 is 5.69 Å². The number of nitrogens with zero attached hydrogens (tertiary/aromatic N) is 3. The van der Waals surface area contributed by atoms with Crippen LogP contribution < -0.4 is 10.6 Å². The molecule has 0 saturated heterocycles. The van der Waals surface area contributed by atoms with E-state index in [9.17, 15) is 4.79 Å². The standard InChI is InChI=1S/C18H24N4O/c1-12-7-6-8-13(19-12)15-10-9-14-16(21(5)17(23)20-14)22(15)11-18(2,3)4/h6-10,15H,11H2,1-5H3,(H,20,23). The fraction of sp³-hybridized carbons (Fsp3) is 0.444. The lowest BCUT2D eigenvalue weighted by molar-refractivity contribution is 0.396. The summed E-state index contributed by atoms with van der Waals surface area (Å²) in [6.45, 7) is 9.45. The topological polar surface area (TPSA) is 53.9 Å². The molecule has 5 heteroatoms. The van der Waals surface area contributed by atoms with Crippen LogP contribution in [0.1, 0.15) is 43.9 Å². The molecule has 122 valence electrons. The highest BCUT2D eigenvalue weighted by Crippen LogP contribution is 2.36. The van der Waals surface area contributed by atoms with Crippen molar-refractivity contribution < 1.29 is 0 Å². The second-order valence-electron chi connectivity index (χ2n) is 7.42. The van der Waals surface area contributed by atoms with Gasteiger partial charge in [0.1, 0.15) is 5.82 Å². The van der Waals surface area contributed by atoms with Crippen LogP contribution >= 0.6 is 0 Å². The van der Waals surface area contributed by atoms with Gasteiger partial charge in [-0.3, -0.25) is 9.55 Å². The van der Waals surface area contributed by atoms with Crippen LogP contribution in [-0.2, 0) is 7.05 Å². The van der Waals surface area contributed by atoms with E-state index in [1.807, 2.05) is 38.2 Å². The SMILES string of the molecule is Cc1cccc(C2C=Cc3[nH]c(=O)n(C)c3N2CC(C)(C)C)n1. The van der Waals surface area contributed by atoms with Crippen LogP contribution in [0.5, 0.6) is 0 Å². The quantitative estimate of drug-likeness (QED) is 0.927. The third kappa shape index (κ3) is 2.96. The molecule has 0 aliphatic carbocycles. The van der Waals surface area contributed by atoms with Crippen LogP contribution in [0.3, 0.4) is 0 Å². The number of pyridine rings is 1. The van der Waals surface area contributed by atoms with E-state index in [4.69, 9.17) is 4.98 Å². The summed E-state index contributed by atoms with van der Waals surface area (Å²) in [6, 6.07) is 6.12. The molecule has 0 saturated carbocycles. The van der Waals surface area contributed by atoms with Crippen LogP contribution in [-0.4, -0.2) is 21.1 Å². The second kappa shape index (κ2) is 5.41. The minimum Gasteiger partial charge on any atom is -0.344 e. The molecule has 5 nitrogen and oxygen atoms in total. The highest BCUT2D eigenvalue weighted by molar-refractivity contribution is 5.67. The minimum absolute atomic E-state index is 0.0306. The molecule has 1 aliphatic heterocycles. The monoisotopic (exact) mass is 312 g/mol. The van der Waals surface area contributed by atoms with E-state index in [0.29, 0.717) is 0 Å². The number of hydrogen-bond acceptors (Lipinski definition) is 3. The van der Waals surface area contributed by atoms with Gasteiger partial charge in [0.15, 0.2) is 0 Å². The van der Waals surface area contributed by atoms with Crippen LogP contribution in [0.15, 0.2) is 29.1 Å². The van der Waals surface area contributed by atoms with Crippen molar-refractivity contribution in [2.24, 2.45) is 12.5 Å². The maximum atomic E-state index is 12.0. The lowest BCUT2D eigenvalue weighted by Gasteiger charge is -2.38. The molecular weight excluding hydrogens is 288 g/mol. The van der Waals surface area contributed by atoms with Gasteiger partial charge in [-0.15, -0.1) is 0 Å². The maximum Gasteiger partial charge on any atom is 0.327 e. The van der Waals surface area contributed by atoms with E-state index in [2.05, 4.69) is 36.7 Å². The number of anilines is 1. The Kier molecular flexibility index (Phi) is 3.66. The van der Waals surface area contributed by atoms with Crippen molar-refractivity contribution in [1.29, 1.82) is 0 Å². The summed E-state index contributed by atoms with van der Waals surface area (Å²) >= 11 is 0. The molecule has 1 N–H and O–H groups in total. The molecule has 2 aromatic rings. The number of aryl methyl sites for hydroxylation is 1. The van der Waals surface area contributed by atoms with Crippen molar-refractivity contribution in [1.82, 2.24) is 14.5 Å². The number of hydrogen-bond donors (Lipinski definition) is 1. The normalized spacial score (nSPS) is 17.4. The summed E-state index contributed by atoms with van der Waals surface area (Å²) in [5.74, 6) is 0.931. The van der Waals surface area contributed by atoms with E-state index in [0.717, 1.165) is 29.4 Å². The number of imidazole rings is 1. The predicted octanol–water partition coefficient (Wildman–Crippen LogP) is 3.04. The molecule has 3 heterocycles. The summed E-state index contributed by atoms with van der Waals surface area (Å²) in [7, 11) is 1.81. The highest BCUT2D eigenvalue weighted by atomic mass is 16.1. The van der Waals surface area contributed by atoms with Crippen LogP contribution in [0.4, 0.5) is 5.82 Å². The Morgan fingerprint density at radius 1 is 1.30 bits per heavy atom. The molecule has 1 aliphatic rings. The zero-order valence-electron chi connectivity index (χ0n) is 14.4. The number of nitrogens with one attached hydrogen (secondary N) is 1. The molecule has 2 aromatic heterocycles. The van der Waals surface area contributed by atoms with E-state index in [-0.39, 0.29) is 17.1 Å². The van der Waals surface area contributed by atoms with Gasteiger partial charge < -0.3 is 9.88 Å². The first-order valence-electron chi connectivity index (χ1n) is 7.94. The number of fused-ring (bicyclic) bond motifs is 1. The maximum absolute atomic E-state index is 12.0. The summed E-state index contributed by atoms with van der Waals surface area (Å²) < 4.78 is 1.69. The fourth-order valence-corrected chi connectivity index (χ4v) is 3.09. The van der Waals surface area contributed by atoms with Gasteiger partial charge in [0, 0.05) is 19.3 Å². The Morgan fingerprint density at radius 3 is 2.70 bits per heavy atom. The van der Waals surface area contributed by atoms with Crippen molar-refractivity contribution in [3.05, 3.63) is 51.8 Å². The van der Waals surface area contributed by atoms with Crippen molar-refractivity contribution in [3.63, 3.8) is 0 Å². The van der Waals surface area contributed by atoms with E-state index >= 15 is 0 Å². The van der Waals surface area contributed by atoms with Gasteiger partial charge in [0.05, 0.1) is 17.4 Å². The second-order valence-corrected chi connectivity index (χ2v) is 7.42. The zero-order valence-corrected chi connectivity index (χ0v) is 14.4. The van der Waals surface area contributed by atoms with Gasteiger partial charge in [-0.1, -0.05) is 32.9 Å². The van der Waals surface area contributed by atoms with Crippen molar-refractivity contribution in [3.8, 4) is 0 Å². The Labute approximate surface area is 136 Å². The molecule has 3 rings (SSSR count). The first kappa shape index (κ1) is 15.6. The molecule has 0 aromatic carbocycles. The molecule has 1 unspecified atom stereocenters. The van der Waals surface area contributed by atoms with E-state index in [1.54, 1.807) is 4.57 Å². The van der Waals surface area contributed by atoms with E-state index < -0.39 is 0 Å². The molecular formula is C18H24N4O. The Balaban J connectivity index is 2.12. The molecule has 23 heavy (non-hydrogen) atoms. The van der Waals surface area contributed by atoms with Crippen LogP contribution in [0.25, 0.3) is 6.08 Å². The number of aromatic nitrogens is 3. The highest BCUT2D eigenvalue weighted by Gasteiger charge is 2.31. The molecule has 0 amide bonds. The van der Waals surface area contributed by atoms with Crippen LogP contribution in [0.2, 0.25) is 0 Å². The zero-order chi connectivity index (χ0) is 16.8. The van der Waals surface area contributed by atoms with Gasteiger partial charge in [-0.2, -0.15) is 0 Å². The van der Waals surface area contributed by atoms with Crippen molar-refractivity contribution in [2.45, 2.75) is 33.7 Å². The fourth-order valence-electron chi connectivity index (χ4n) is 3.09. The first-order chi connectivity index (χ1) is 10.8. The summed E-state index contributed by atoms with van der Waals surface area (Å²) in [6.07, 6.45) is 4.11. The molecule has 1 atom stereocenters. The van der Waals surface area contributed by atoms with E-state index in [1.165, 1.54) is 0 Å². The number of aromatic amines is 1. The average molecular weight is 312 g/mol. The summed E-state index contributed by atoms with van der Waals surface area (Å²) in [5, 5.41) is 0. The smallest absolute Gasteiger partial charge is 0.327 e. The molecule has 0 spiro atoms.